The van der Waals surface area contributed by atoms with E-state index in [1.54, 1.807) is 24.3 Å². The molecule has 7 nitrogen and oxygen atoms in total. The molecule has 1 aliphatic heterocycles. The summed E-state index contributed by atoms with van der Waals surface area (Å²) < 4.78 is 29.3. The number of piperazine rings is 1. The quantitative estimate of drug-likeness (QED) is 0.583. The van der Waals surface area contributed by atoms with Gasteiger partial charge in [-0.25, -0.2) is 8.42 Å². The molecule has 0 bridgehead atoms. The summed E-state index contributed by atoms with van der Waals surface area (Å²) in [7, 11) is -3.75. The normalized spacial score (nSPS) is 14.9. The molecule has 1 aromatic carbocycles. The van der Waals surface area contributed by atoms with Crippen LogP contribution in [0, 0.1) is 0 Å². The van der Waals surface area contributed by atoms with E-state index in [4.69, 9.17) is 0 Å². The minimum absolute atomic E-state index is 0.0102. The van der Waals surface area contributed by atoms with Crippen LogP contribution in [-0.2, 0) is 10.0 Å². The van der Waals surface area contributed by atoms with Gasteiger partial charge < -0.3 is 15.5 Å². The van der Waals surface area contributed by atoms with Gasteiger partial charge in [-0.15, -0.1) is 11.3 Å². The second kappa shape index (κ2) is 8.81. The lowest BCUT2D eigenvalue weighted by atomic mass is 10.1. The van der Waals surface area contributed by atoms with Crippen molar-refractivity contribution in [1.29, 1.82) is 0 Å². The van der Waals surface area contributed by atoms with Crippen molar-refractivity contribution in [3.63, 3.8) is 0 Å². The maximum atomic E-state index is 12.9. The number of thiophene rings is 1. The van der Waals surface area contributed by atoms with Crippen LogP contribution in [0.4, 0.5) is 11.4 Å². The van der Waals surface area contributed by atoms with E-state index < -0.39 is 10.0 Å². The number of anilines is 2. The number of carbonyl (C=O) groups is 1. The number of hydrogen-bond donors (Lipinski definition) is 3. The van der Waals surface area contributed by atoms with Gasteiger partial charge in [-0.05, 0) is 60.1 Å². The molecule has 3 N–H and O–H groups in total. The second-order valence-electron chi connectivity index (χ2n) is 6.76. The van der Waals surface area contributed by atoms with Gasteiger partial charge in [0.05, 0.1) is 15.2 Å². The molecule has 0 aliphatic carbocycles. The first-order chi connectivity index (χ1) is 13.3. The fourth-order valence-corrected chi connectivity index (χ4v) is 6.00. The molecule has 0 atom stereocenters. The highest BCUT2D eigenvalue weighted by atomic mass is 79.9. The Kier molecular flexibility index (Phi) is 6.64. The molecule has 1 fully saturated rings. The number of nitrogens with one attached hydrogen (secondary N) is 3. The summed E-state index contributed by atoms with van der Waals surface area (Å²) in [5.74, 6) is -0.235. The summed E-state index contributed by atoms with van der Waals surface area (Å²) in [5, 5.41) is 6.12. The minimum Gasteiger partial charge on any atom is -0.367 e. The molecule has 10 heteroatoms. The van der Waals surface area contributed by atoms with E-state index in [2.05, 4.69) is 36.2 Å². The second-order valence-corrected chi connectivity index (χ2v) is 11.1. The molecule has 3 rings (SSSR count). The van der Waals surface area contributed by atoms with Crippen LogP contribution in [-0.4, -0.2) is 46.5 Å². The predicted octanol–water partition coefficient (Wildman–Crippen LogP) is 2.86. The molecule has 152 valence electrons. The van der Waals surface area contributed by atoms with Gasteiger partial charge in [-0.1, -0.05) is 0 Å². The first-order valence-corrected chi connectivity index (χ1v) is 12.0. The molecular weight excluding hydrogens is 464 g/mol. The van der Waals surface area contributed by atoms with Crippen molar-refractivity contribution < 1.29 is 13.2 Å². The van der Waals surface area contributed by atoms with E-state index in [1.807, 2.05) is 19.9 Å². The summed E-state index contributed by atoms with van der Waals surface area (Å²) in [4.78, 5) is 14.5. The van der Waals surface area contributed by atoms with E-state index in [0.29, 0.717) is 11.3 Å². The maximum Gasteiger partial charge on any atom is 0.271 e. The molecule has 0 spiro atoms. The van der Waals surface area contributed by atoms with Crippen LogP contribution in [0.15, 0.2) is 38.3 Å². The van der Waals surface area contributed by atoms with Crippen LogP contribution in [0.2, 0.25) is 0 Å². The van der Waals surface area contributed by atoms with Crippen LogP contribution < -0.4 is 20.3 Å². The molecule has 2 heterocycles. The highest BCUT2D eigenvalue weighted by Gasteiger charge is 2.22. The minimum atomic E-state index is -3.75. The van der Waals surface area contributed by atoms with Crippen molar-refractivity contribution >= 4 is 54.6 Å². The van der Waals surface area contributed by atoms with Crippen molar-refractivity contribution in [3.8, 4) is 0 Å². The molecule has 1 aliphatic rings. The fourth-order valence-electron chi connectivity index (χ4n) is 2.92. The van der Waals surface area contributed by atoms with E-state index >= 15 is 0 Å². The van der Waals surface area contributed by atoms with Crippen LogP contribution in [0.1, 0.15) is 24.2 Å². The third-order valence-corrected chi connectivity index (χ3v) is 7.67. The predicted molar refractivity (Wildman–Crippen MR) is 117 cm³/mol. The number of sulfonamides is 1. The zero-order valence-corrected chi connectivity index (χ0v) is 18.9. The third-order valence-electron chi connectivity index (χ3n) is 4.19. The number of nitrogens with zero attached hydrogens (tertiary/aromatic N) is 1. The summed E-state index contributed by atoms with van der Waals surface area (Å²) in [6.07, 6.45) is 0. The SMILES string of the molecule is CC(C)NC(=O)c1ccc(N2CCNCC2)c(NS(=O)(=O)c2ccc(Br)s2)c1. The molecule has 0 saturated carbocycles. The number of rotatable bonds is 6. The van der Waals surface area contributed by atoms with Gasteiger partial charge in [0.2, 0.25) is 0 Å². The van der Waals surface area contributed by atoms with Gasteiger partial charge in [0, 0.05) is 37.8 Å². The third kappa shape index (κ3) is 5.05. The Bertz CT molecular complexity index is 953. The zero-order valence-electron chi connectivity index (χ0n) is 15.7. The summed E-state index contributed by atoms with van der Waals surface area (Å²) >= 11 is 4.44. The van der Waals surface area contributed by atoms with Gasteiger partial charge in [-0.3, -0.25) is 9.52 Å². The lowest BCUT2D eigenvalue weighted by Crippen LogP contribution is -2.43. The van der Waals surface area contributed by atoms with Crippen LogP contribution in [0.25, 0.3) is 0 Å². The molecule has 0 radical (unpaired) electrons. The molecule has 1 aromatic heterocycles. The van der Waals surface area contributed by atoms with Crippen molar-refractivity contribution in [1.82, 2.24) is 10.6 Å². The van der Waals surface area contributed by atoms with Crippen LogP contribution in [0.5, 0.6) is 0 Å². The lowest BCUT2D eigenvalue weighted by Gasteiger charge is -2.31. The fraction of sp³-hybridized carbons (Fsp3) is 0.389. The largest absolute Gasteiger partial charge is 0.367 e. The summed E-state index contributed by atoms with van der Waals surface area (Å²) in [5.41, 5.74) is 1.59. The van der Waals surface area contributed by atoms with Crippen molar-refractivity contribution in [2.75, 3.05) is 35.8 Å². The molecule has 2 aromatic rings. The molecule has 0 unspecified atom stereocenters. The van der Waals surface area contributed by atoms with Crippen LogP contribution >= 0.6 is 27.3 Å². The average molecular weight is 487 g/mol. The van der Waals surface area contributed by atoms with E-state index in [-0.39, 0.29) is 16.2 Å². The summed E-state index contributed by atoms with van der Waals surface area (Å²) in [6, 6.07) is 8.39. The Balaban J connectivity index is 1.97. The Labute approximate surface area is 177 Å². The van der Waals surface area contributed by atoms with E-state index in [0.717, 1.165) is 47.0 Å². The van der Waals surface area contributed by atoms with Gasteiger partial charge in [0.1, 0.15) is 4.21 Å². The van der Waals surface area contributed by atoms with Crippen LogP contribution in [0.3, 0.4) is 0 Å². The molecule has 1 saturated heterocycles. The van der Waals surface area contributed by atoms with Crippen molar-refractivity contribution in [3.05, 3.63) is 39.7 Å². The number of halogens is 1. The Morgan fingerprint density at radius 3 is 2.54 bits per heavy atom. The van der Waals surface area contributed by atoms with Gasteiger partial charge in [-0.2, -0.15) is 0 Å². The van der Waals surface area contributed by atoms with E-state index in [1.165, 1.54) is 0 Å². The first-order valence-electron chi connectivity index (χ1n) is 8.95. The Hall–Kier alpha value is -1.62. The number of hydrogen-bond acceptors (Lipinski definition) is 6. The Morgan fingerprint density at radius 1 is 1.21 bits per heavy atom. The highest BCUT2D eigenvalue weighted by molar-refractivity contribution is 9.11. The van der Waals surface area contributed by atoms with E-state index in [9.17, 15) is 13.2 Å². The standard InChI is InChI=1S/C18H23BrN4O3S2/c1-12(2)21-18(24)13-3-4-15(23-9-7-20-8-10-23)14(11-13)22-28(25,26)17-6-5-16(19)27-17/h3-6,11-12,20,22H,7-10H2,1-2H3,(H,21,24). The topological polar surface area (TPSA) is 90.5 Å². The monoisotopic (exact) mass is 486 g/mol. The smallest absolute Gasteiger partial charge is 0.271 e. The molecule has 1 amide bonds. The summed E-state index contributed by atoms with van der Waals surface area (Å²) in [6.45, 7) is 6.92. The average Bonchev–Trinajstić information content (AvgIpc) is 3.09. The molecular formula is C18H23BrN4O3S2. The number of benzene rings is 1. The van der Waals surface area contributed by atoms with Crippen molar-refractivity contribution in [2.24, 2.45) is 0 Å². The lowest BCUT2D eigenvalue weighted by molar-refractivity contribution is 0.0943. The first kappa shape index (κ1) is 21.1. The Morgan fingerprint density at radius 2 is 1.93 bits per heavy atom. The maximum absolute atomic E-state index is 12.9. The van der Waals surface area contributed by atoms with Gasteiger partial charge in [0.25, 0.3) is 15.9 Å². The zero-order chi connectivity index (χ0) is 20.3. The van der Waals surface area contributed by atoms with Gasteiger partial charge in [0.15, 0.2) is 0 Å². The van der Waals surface area contributed by atoms with Gasteiger partial charge >= 0.3 is 0 Å². The molecule has 28 heavy (non-hydrogen) atoms. The highest BCUT2D eigenvalue weighted by Crippen LogP contribution is 2.32. The number of carbonyl (C=O) groups excluding carboxylic acids is 1. The van der Waals surface area contributed by atoms with Crippen molar-refractivity contribution in [2.45, 2.75) is 24.1 Å². The number of amides is 1.